The van der Waals surface area contributed by atoms with Crippen molar-refractivity contribution >= 4 is 0 Å². The van der Waals surface area contributed by atoms with E-state index >= 15 is 0 Å². The van der Waals surface area contributed by atoms with Crippen LogP contribution in [0.4, 0.5) is 0 Å². The molecule has 0 saturated carbocycles. The topological polar surface area (TPSA) is 83.1 Å². The summed E-state index contributed by atoms with van der Waals surface area (Å²) in [5, 5.41) is 0. The smallest absolute Gasteiger partial charge is 0.108 e. The van der Waals surface area contributed by atoms with Gasteiger partial charge in [0, 0.05) is 0 Å². The van der Waals surface area contributed by atoms with Crippen LogP contribution in [0.1, 0.15) is 185 Å². The fourth-order valence-electron chi connectivity index (χ4n) is 7.15. The first-order valence-corrected chi connectivity index (χ1v) is 21.9. The lowest BCUT2D eigenvalue weighted by atomic mass is 9.90. The summed E-state index contributed by atoms with van der Waals surface area (Å²) < 4.78 is 54.3. The van der Waals surface area contributed by atoms with E-state index in [2.05, 4.69) is 159 Å². The van der Waals surface area contributed by atoms with Gasteiger partial charge in [0.15, 0.2) is 0 Å². The molecule has 3 aliphatic rings. The van der Waals surface area contributed by atoms with Gasteiger partial charge in [-0.3, -0.25) is 0 Å². The Labute approximate surface area is 347 Å². The lowest BCUT2D eigenvalue weighted by Gasteiger charge is -2.43. The highest BCUT2D eigenvalue weighted by Crippen LogP contribution is 2.33. The van der Waals surface area contributed by atoms with Crippen LogP contribution in [-0.4, -0.2) is 108 Å². The van der Waals surface area contributed by atoms with E-state index in [0.717, 1.165) is 25.7 Å². The van der Waals surface area contributed by atoms with Gasteiger partial charge >= 0.3 is 0 Å². The van der Waals surface area contributed by atoms with Gasteiger partial charge in [-0.25, -0.2) is 0 Å². The summed E-state index contributed by atoms with van der Waals surface area (Å²) in [5.41, 5.74) is -0.838. The summed E-state index contributed by atoms with van der Waals surface area (Å²) in [4.78, 5) is 0. The summed E-state index contributed by atoms with van der Waals surface area (Å²) in [6, 6.07) is 0. The average Bonchev–Trinajstić information content (AvgIpc) is 2.96. The molecule has 0 N–H and O–H groups in total. The quantitative estimate of drug-likeness (QED) is 0.226. The van der Waals surface area contributed by atoms with Crippen LogP contribution in [-0.2, 0) is 42.6 Å². The Morgan fingerprint density at radius 3 is 0.982 bits per heavy atom. The Hall–Kier alpha value is -0.360. The monoisotopic (exact) mass is 803 g/mol. The second kappa shape index (κ2) is 21.9. The van der Waals surface area contributed by atoms with E-state index < -0.39 is 0 Å². The van der Waals surface area contributed by atoms with Crippen LogP contribution in [0.15, 0.2) is 0 Å². The van der Waals surface area contributed by atoms with Gasteiger partial charge in [-0.15, -0.1) is 0 Å². The minimum atomic E-state index is -0.150. The van der Waals surface area contributed by atoms with Gasteiger partial charge in [0.25, 0.3) is 0 Å². The molecule has 0 spiro atoms. The molecular formula is C47H94O9. The molecule has 11 atom stereocenters. The minimum Gasteiger partial charge on any atom is -0.373 e. The van der Waals surface area contributed by atoms with E-state index in [1.807, 2.05) is 0 Å². The van der Waals surface area contributed by atoms with Crippen LogP contribution >= 0.6 is 0 Å². The third-order valence-corrected chi connectivity index (χ3v) is 9.28. The van der Waals surface area contributed by atoms with Crippen molar-refractivity contribution < 1.29 is 42.6 Å². The summed E-state index contributed by atoms with van der Waals surface area (Å²) in [5.74, 6) is 0.994. The van der Waals surface area contributed by atoms with Gasteiger partial charge in [-0.05, 0) is 183 Å². The number of ether oxygens (including phenoxy) is 9. The van der Waals surface area contributed by atoms with E-state index in [0.29, 0.717) is 37.8 Å². The molecule has 0 aromatic heterocycles. The van der Waals surface area contributed by atoms with Crippen LogP contribution in [0, 0.1) is 11.8 Å². The molecular weight excluding hydrogens is 709 g/mol. The Morgan fingerprint density at radius 1 is 0.375 bits per heavy atom. The van der Waals surface area contributed by atoms with Crippen molar-refractivity contribution in [2.24, 2.45) is 11.8 Å². The molecule has 0 bridgehead atoms. The Morgan fingerprint density at radius 2 is 0.679 bits per heavy atom. The Kier molecular flexibility index (Phi) is 21.0. The second-order valence-corrected chi connectivity index (χ2v) is 22.9. The molecule has 0 aromatic rings. The normalized spacial score (nSPS) is 32.5. The zero-order valence-electron chi connectivity index (χ0n) is 41.0. The summed E-state index contributed by atoms with van der Waals surface area (Å²) in [6.45, 7) is 50.2. The van der Waals surface area contributed by atoms with Crippen molar-refractivity contribution in [1.29, 1.82) is 0 Å². The Bertz CT molecular complexity index is 1010. The molecule has 3 aliphatic heterocycles. The van der Waals surface area contributed by atoms with Crippen LogP contribution in [0.2, 0.25) is 0 Å². The van der Waals surface area contributed by atoms with E-state index in [1.54, 1.807) is 0 Å². The molecule has 336 valence electrons. The number of rotatable bonds is 9. The number of hydrogen-bond acceptors (Lipinski definition) is 9. The summed E-state index contributed by atoms with van der Waals surface area (Å²) >= 11 is 0. The van der Waals surface area contributed by atoms with Crippen LogP contribution in [0.3, 0.4) is 0 Å². The highest BCUT2D eigenvalue weighted by molar-refractivity contribution is 4.87. The zero-order chi connectivity index (χ0) is 43.7. The molecule has 9 nitrogen and oxygen atoms in total. The third kappa shape index (κ3) is 24.7. The van der Waals surface area contributed by atoms with Gasteiger partial charge in [0.1, 0.15) is 18.3 Å². The first-order chi connectivity index (χ1) is 25.0. The van der Waals surface area contributed by atoms with Gasteiger partial charge in [0.2, 0.25) is 0 Å². The zero-order valence-corrected chi connectivity index (χ0v) is 41.0. The van der Waals surface area contributed by atoms with E-state index in [1.165, 1.54) is 0 Å². The van der Waals surface area contributed by atoms with Gasteiger partial charge < -0.3 is 42.6 Å². The summed E-state index contributed by atoms with van der Waals surface area (Å²) in [7, 11) is 0. The maximum Gasteiger partial charge on any atom is 0.108 e. The molecule has 3 rings (SSSR count). The first-order valence-electron chi connectivity index (χ1n) is 21.9. The van der Waals surface area contributed by atoms with E-state index in [4.69, 9.17) is 42.6 Å². The van der Waals surface area contributed by atoms with Crippen LogP contribution in [0.25, 0.3) is 0 Å². The molecule has 3 fully saturated rings. The molecule has 0 aromatic carbocycles. The molecule has 0 amide bonds. The highest BCUT2D eigenvalue weighted by atomic mass is 16.6. The molecule has 3 heterocycles. The molecule has 3 saturated heterocycles. The maximum atomic E-state index is 6.21. The van der Waals surface area contributed by atoms with Crippen molar-refractivity contribution in [2.45, 2.75) is 273 Å². The van der Waals surface area contributed by atoms with E-state index in [-0.39, 0.29) is 82.4 Å². The van der Waals surface area contributed by atoms with Crippen LogP contribution < -0.4 is 0 Å². The predicted octanol–water partition coefficient (Wildman–Crippen LogP) is 11.2. The van der Waals surface area contributed by atoms with Crippen molar-refractivity contribution in [3.63, 3.8) is 0 Å². The van der Waals surface area contributed by atoms with Gasteiger partial charge in [-0.2, -0.15) is 0 Å². The molecule has 0 radical (unpaired) electrons. The SMILES string of the molecule is CC1CC[C@@H](OC(C)(C)C)[C@@H](COC(C)(C)C)O1.CC1C[C@H](C)[C@@H](OC(C)(C)C)[C@@H](COC(C)(C)C)O1.CC1C[C@H](C)[C@@H](OC(C)(C)C)[C@@H](COC(C)(C)C)O1. The van der Waals surface area contributed by atoms with Gasteiger partial charge in [0.05, 0.1) is 90.1 Å². The van der Waals surface area contributed by atoms with Crippen molar-refractivity contribution in [3.05, 3.63) is 0 Å². The van der Waals surface area contributed by atoms with Gasteiger partial charge in [-0.1, -0.05) is 13.8 Å². The predicted molar refractivity (Wildman–Crippen MR) is 231 cm³/mol. The number of hydrogen-bond donors (Lipinski definition) is 0. The fraction of sp³-hybridized carbons (Fsp3) is 1.00. The molecule has 0 aliphatic carbocycles. The largest absolute Gasteiger partial charge is 0.373 e. The van der Waals surface area contributed by atoms with E-state index in [9.17, 15) is 0 Å². The first kappa shape index (κ1) is 53.7. The molecule has 9 heteroatoms. The van der Waals surface area contributed by atoms with Crippen molar-refractivity contribution in [1.82, 2.24) is 0 Å². The average molecular weight is 803 g/mol. The standard InChI is InChI=1S/2C16H32O3.C15H30O3/c2*1-11-9-12(2)18-13(10-17-15(3,4)5)14(11)19-16(6,7)8;1-11-8-9-12(18-15(5,6)7)13(17-11)10-16-14(2,3)4/h2*11-14H,9-10H2,1-8H3;11-13H,8-10H2,1-7H3/t2*11-,12?,13+,14+;11?,12-,13-/m001/s1. The molecule has 3 unspecified atom stereocenters. The second-order valence-electron chi connectivity index (χ2n) is 22.9. The van der Waals surface area contributed by atoms with Crippen molar-refractivity contribution in [3.8, 4) is 0 Å². The lowest BCUT2D eigenvalue weighted by molar-refractivity contribution is -0.214. The van der Waals surface area contributed by atoms with Crippen molar-refractivity contribution in [2.75, 3.05) is 19.8 Å². The maximum absolute atomic E-state index is 6.21. The van der Waals surface area contributed by atoms with Crippen LogP contribution in [0.5, 0.6) is 0 Å². The minimum absolute atomic E-state index is 0.0252. The molecule has 56 heavy (non-hydrogen) atoms. The third-order valence-electron chi connectivity index (χ3n) is 9.28. The Balaban J connectivity index is 0.000000420. The highest BCUT2D eigenvalue weighted by Gasteiger charge is 2.40. The fourth-order valence-corrected chi connectivity index (χ4v) is 7.15. The summed E-state index contributed by atoms with van der Waals surface area (Å²) in [6.07, 6.45) is 5.54. The lowest BCUT2D eigenvalue weighted by Crippen LogP contribution is -2.50.